The molecule has 0 saturated carbocycles. The first-order valence-electron chi connectivity index (χ1n) is 8.53. The lowest BCUT2D eigenvalue weighted by atomic mass is 10.1. The van der Waals surface area contributed by atoms with E-state index in [-0.39, 0.29) is 11.5 Å². The number of nitrogens with one attached hydrogen (secondary N) is 2. The summed E-state index contributed by atoms with van der Waals surface area (Å²) in [5.41, 5.74) is 23.6. The summed E-state index contributed by atoms with van der Waals surface area (Å²) in [5, 5.41) is 25.0. The van der Waals surface area contributed by atoms with Crippen LogP contribution in [0.25, 0.3) is 6.08 Å². The molecule has 0 fully saturated rings. The van der Waals surface area contributed by atoms with Crippen LogP contribution in [-0.4, -0.2) is 29.0 Å². The van der Waals surface area contributed by atoms with Crippen molar-refractivity contribution in [2.45, 2.75) is 24.9 Å². The smallest absolute Gasteiger partial charge is 0.194 e. The minimum atomic E-state index is -0.860. The van der Waals surface area contributed by atoms with Crippen LogP contribution in [0.15, 0.2) is 42.6 Å². The minimum Gasteiger partial charge on any atom is -0.504 e. The Balaban J connectivity index is 1.88. The number of hydrogen-bond acceptors (Lipinski definition) is 10. The highest BCUT2D eigenvalue weighted by Gasteiger charge is 2.34. The van der Waals surface area contributed by atoms with E-state index in [0.717, 1.165) is 5.56 Å². The van der Waals surface area contributed by atoms with E-state index in [1.165, 1.54) is 12.1 Å². The maximum atomic E-state index is 9.80. The van der Waals surface area contributed by atoms with Gasteiger partial charge in [-0.15, -0.1) is 0 Å². The molecule has 12 N–H and O–H groups in total. The van der Waals surface area contributed by atoms with E-state index >= 15 is 0 Å². The molecule has 0 radical (unpaired) electrons. The molecule has 0 aromatic heterocycles. The summed E-state index contributed by atoms with van der Waals surface area (Å²) in [6.07, 6.45) is 0.497. The van der Waals surface area contributed by atoms with Crippen molar-refractivity contribution in [1.82, 2.24) is 10.6 Å². The number of nitrogens with two attached hydrogens (primary N) is 4. The third-order valence-corrected chi connectivity index (χ3v) is 4.00. The number of phenolic OH excluding ortho intramolecular Hbond substituents is 2. The third kappa shape index (κ3) is 4.63. The second kappa shape index (κ2) is 8.33. The van der Waals surface area contributed by atoms with E-state index in [1.807, 2.05) is 6.07 Å². The SMILES string of the molecule is NC(N)N/C=C/c1ccc2c(c1)O[C@@H](NC(N)N)[C@@H](c1ccc(O)c(O)c1)O2. The molecule has 0 unspecified atom stereocenters. The first kappa shape index (κ1) is 19.7. The van der Waals surface area contributed by atoms with Crippen molar-refractivity contribution < 1.29 is 19.7 Å². The normalized spacial score (nSPS) is 18.8. The second-order valence-corrected chi connectivity index (χ2v) is 6.25. The van der Waals surface area contributed by atoms with Crippen LogP contribution in [0.5, 0.6) is 23.0 Å². The van der Waals surface area contributed by atoms with Gasteiger partial charge in [-0.1, -0.05) is 12.1 Å². The van der Waals surface area contributed by atoms with Gasteiger partial charge in [0, 0.05) is 5.56 Å². The van der Waals surface area contributed by atoms with Crippen molar-refractivity contribution in [2.75, 3.05) is 0 Å². The van der Waals surface area contributed by atoms with Crippen molar-refractivity contribution in [3.8, 4) is 23.0 Å². The molecule has 0 amide bonds. The van der Waals surface area contributed by atoms with Crippen molar-refractivity contribution >= 4 is 6.08 Å². The van der Waals surface area contributed by atoms with E-state index in [1.54, 1.807) is 30.5 Å². The number of rotatable bonds is 6. The number of aromatic hydroxyl groups is 2. The number of phenols is 2. The third-order valence-electron chi connectivity index (χ3n) is 4.00. The zero-order valence-electron chi connectivity index (χ0n) is 14.9. The average molecular weight is 388 g/mol. The molecule has 2 atom stereocenters. The summed E-state index contributed by atoms with van der Waals surface area (Å²) >= 11 is 0. The van der Waals surface area contributed by atoms with Gasteiger partial charge >= 0.3 is 0 Å². The van der Waals surface area contributed by atoms with Gasteiger partial charge in [-0.25, -0.2) is 0 Å². The molecule has 10 heteroatoms. The van der Waals surface area contributed by atoms with Crippen LogP contribution in [0, 0.1) is 0 Å². The summed E-state index contributed by atoms with van der Waals surface area (Å²) in [4.78, 5) is 0. The molecule has 150 valence electrons. The Bertz CT molecular complexity index is 858. The summed E-state index contributed by atoms with van der Waals surface area (Å²) in [5.74, 6) is 0.482. The molecule has 10 nitrogen and oxygen atoms in total. The predicted molar refractivity (Wildman–Crippen MR) is 104 cm³/mol. The van der Waals surface area contributed by atoms with Gasteiger partial charge in [-0.2, -0.15) is 0 Å². The number of ether oxygens (including phenoxy) is 2. The van der Waals surface area contributed by atoms with Crippen molar-refractivity contribution in [3.63, 3.8) is 0 Å². The van der Waals surface area contributed by atoms with Crippen LogP contribution in [0.4, 0.5) is 0 Å². The Labute approximate surface area is 161 Å². The maximum Gasteiger partial charge on any atom is 0.194 e. The Kier molecular flexibility index (Phi) is 5.87. The molecule has 1 aliphatic heterocycles. The molecular weight excluding hydrogens is 364 g/mol. The number of hydrogen-bond donors (Lipinski definition) is 8. The summed E-state index contributed by atoms with van der Waals surface area (Å²) in [7, 11) is 0. The van der Waals surface area contributed by atoms with Gasteiger partial charge in [0.1, 0.15) is 12.6 Å². The highest BCUT2D eigenvalue weighted by atomic mass is 16.6. The minimum absolute atomic E-state index is 0.233. The van der Waals surface area contributed by atoms with Crippen molar-refractivity contribution in [1.29, 1.82) is 0 Å². The lowest BCUT2D eigenvalue weighted by Crippen LogP contribution is -2.55. The molecule has 1 aliphatic rings. The van der Waals surface area contributed by atoms with Crippen molar-refractivity contribution in [2.24, 2.45) is 22.9 Å². The van der Waals surface area contributed by atoms with Gasteiger partial charge in [0.2, 0.25) is 0 Å². The first-order valence-corrected chi connectivity index (χ1v) is 8.53. The van der Waals surface area contributed by atoms with Crippen LogP contribution < -0.4 is 43.0 Å². The Morgan fingerprint density at radius 1 is 0.893 bits per heavy atom. The van der Waals surface area contributed by atoms with Gasteiger partial charge in [0.15, 0.2) is 35.3 Å². The molecule has 0 saturated heterocycles. The van der Waals surface area contributed by atoms with Crippen LogP contribution in [0.1, 0.15) is 17.2 Å². The maximum absolute atomic E-state index is 9.80. The standard InChI is InChI=1S/C18H24N6O4/c19-17(20)23-6-5-9-1-4-13-14(7-9)28-16(24-18(21)22)15(27-13)10-2-3-11(25)12(26)8-10/h1-8,15-18,23-26H,19-22H2/b6-5+/t15-,16-/m1/s1. The molecule has 0 aliphatic carbocycles. The lowest BCUT2D eigenvalue weighted by molar-refractivity contribution is -0.00678. The fraction of sp³-hybridized carbons (Fsp3) is 0.222. The first-order chi connectivity index (χ1) is 13.3. The largest absolute Gasteiger partial charge is 0.504 e. The van der Waals surface area contributed by atoms with Crippen LogP contribution >= 0.6 is 0 Å². The molecule has 28 heavy (non-hydrogen) atoms. The fourth-order valence-electron chi connectivity index (χ4n) is 2.74. The molecule has 0 bridgehead atoms. The molecule has 1 heterocycles. The van der Waals surface area contributed by atoms with E-state index in [0.29, 0.717) is 17.1 Å². The van der Waals surface area contributed by atoms with Crippen LogP contribution in [-0.2, 0) is 0 Å². The number of benzene rings is 2. The van der Waals surface area contributed by atoms with Gasteiger partial charge in [-0.05, 0) is 42.1 Å². The number of fused-ring (bicyclic) bond motifs is 1. The lowest BCUT2D eigenvalue weighted by Gasteiger charge is -2.35. The molecule has 0 spiro atoms. The van der Waals surface area contributed by atoms with E-state index in [4.69, 9.17) is 32.4 Å². The van der Waals surface area contributed by atoms with Crippen LogP contribution in [0.2, 0.25) is 0 Å². The zero-order chi connectivity index (χ0) is 20.3. The monoisotopic (exact) mass is 388 g/mol. The molecule has 2 aromatic carbocycles. The Hall–Kier alpha value is -3.02. The zero-order valence-corrected chi connectivity index (χ0v) is 14.9. The molecule has 3 rings (SSSR count). The van der Waals surface area contributed by atoms with E-state index in [9.17, 15) is 10.2 Å². The van der Waals surface area contributed by atoms with E-state index in [2.05, 4.69) is 10.6 Å². The molecule has 2 aromatic rings. The van der Waals surface area contributed by atoms with Crippen molar-refractivity contribution in [3.05, 3.63) is 53.7 Å². The highest BCUT2D eigenvalue weighted by Crippen LogP contribution is 2.41. The predicted octanol–water partition coefficient (Wildman–Crippen LogP) is -0.512. The van der Waals surface area contributed by atoms with Gasteiger partial charge in [0.25, 0.3) is 0 Å². The molecular formula is C18H24N6O4. The summed E-state index contributed by atoms with van der Waals surface area (Å²) < 4.78 is 12.1. The van der Waals surface area contributed by atoms with Gasteiger partial charge in [-0.3, -0.25) is 16.8 Å². The highest BCUT2D eigenvalue weighted by molar-refractivity contribution is 5.56. The summed E-state index contributed by atoms with van der Waals surface area (Å²) in [6, 6.07) is 9.73. The summed E-state index contributed by atoms with van der Waals surface area (Å²) in [6.45, 7) is 0. The van der Waals surface area contributed by atoms with Gasteiger partial charge in [0.05, 0.1) is 0 Å². The quantitative estimate of drug-likeness (QED) is 0.236. The van der Waals surface area contributed by atoms with E-state index < -0.39 is 24.9 Å². The topological polar surface area (TPSA) is 187 Å². The fourth-order valence-corrected chi connectivity index (χ4v) is 2.74. The second-order valence-electron chi connectivity index (χ2n) is 6.25. The van der Waals surface area contributed by atoms with Gasteiger partial charge < -0.3 is 36.5 Å². The van der Waals surface area contributed by atoms with Crippen LogP contribution in [0.3, 0.4) is 0 Å². The Morgan fingerprint density at radius 3 is 2.36 bits per heavy atom. The Morgan fingerprint density at radius 2 is 1.68 bits per heavy atom. The average Bonchev–Trinajstić information content (AvgIpc) is 2.62.